The molecule has 0 aliphatic heterocycles. The topological polar surface area (TPSA) is 72.0 Å². The fourth-order valence-electron chi connectivity index (χ4n) is 1.17. The summed E-state index contributed by atoms with van der Waals surface area (Å²) < 4.78 is 26.1. The Morgan fingerprint density at radius 3 is 2.47 bits per heavy atom. The van der Waals surface area contributed by atoms with Crippen molar-refractivity contribution in [2.45, 2.75) is 4.90 Å². The summed E-state index contributed by atoms with van der Waals surface area (Å²) in [6.07, 6.45) is 2.89. The summed E-state index contributed by atoms with van der Waals surface area (Å²) in [5, 5.41) is 0.349. The number of hydrogen-bond acceptors (Lipinski definition) is 4. The standard InChI is InChI=1S/C10H8ClN3O2S/c11-8-3-1-4-9(7-8)17(15,16)14-10-12-5-2-6-13-10/h1-7H,(H,12,13,14). The quantitative estimate of drug-likeness (QED) is 0.924. The summed E-state index contributed by atoms with van der Waals surface area (Å²) in [6, 6.07) is 7.55. The number of rotatable bonds is 3. The van der Waals surface area contributed by atoms with Crippen LogP contribution < -0.4 is 4.72 Å². The second-order valence-corrected chi connectivity index (χ2v) is 5.25. The Balaban J connectivity index is 2.32. The van der Waals surface area contributed by atoms with Crippen molar-refractivity contribution in [1.29, 1.82) is 0 Å². The molecule has 0 aliphatic carbocycles. The molecule has 0 saturated heterocycles. The van der Waals surface area contributed by atoms with Crippen LogP contribution >= 0.6 is 11.6 Å². The predicted molar refractivity (Wildman–Crippen MR) is 64.3 cm³/mol. The van der Waals surface area contributed by atoms with E-state index < -0.39 is 10.0 Å². The fourth-order valence-corrected chi connectivity index (χ4v) is 2.42. The van der Waals surface area contributed by atoms with Crippen LogP contribution in [0.5, 0.6) is 0 Å². The fraction of sp³-hybridized carbons (Fsp3) is 0. The van der Waals surface area contributed by atoms with Gasteiger partial charge in [0.25, 0.3) is 10.0 Å². The number of aromatic nitrogens is 2. The van der Waals surface area contributed by atoms with Crippen LogP contribution in [-0.2, 0) is 10.0 Å². The Morgan fingerprint density at radius 2 is 1.82 bits per heavy atom. The molecular weight excluding hydrogens is 262 g/mol. The van der Waals surface area contributed by atoms with Gasteiger partial charge in [-0.05, 0) is 24.3 Å². The molecule has 1 aromatic carbocycles. The third-order valence-corrected chi connectivity index (χ3v) is 3.46. The van der Waals surface area contributed by atoms with Gasteiger partial charge in [0.05, 0.1) is 4.90 Å². The van der Waals surface area contributed by atoms with Gasteiger partial charge >= 0.3 is 0 Å². The van der Waals surface area contributed by atoms with E-state index in [1.165, 1.54) is 24.5 Å². The van der Waals surface area contributed by atoms with Gasteiger partial charge in [0, 0.05) is 17.4 Å². The maximum atomic E-state index is 11.9. The van der Waals surface area contributed by atoms with Crippen molar-refractivity contribution in [2.75, 3.05) is 4.72 Å². The summed E-state index contributed by atoms with van der Waals surface area (Å²) in [6.45, 7) is 0. The maximum absolute atomic E-state index is 11.9. The van der Waals surface area contributed by atoms with Crippen molar-refractivity contribution in [3.8, 4) is 0 Å². The lowest BCUT2D eigenvalue weighted by Gasteiger charge is -2.05. The number of halogens is 1. The molecule has 5 nitrogen and oxygen atoms in total. The van der Waals surface area contributed by atoms with Crippen molar-refractivity contribution in [3.05, 3.63) is 47.7 Å². The van der Waals surface area contributed by atoms with Crippen LogP contribution in [-0.4, -0.2) is 18.4 Å². The van der Waals surface area contributed by atoms with Gasteiger partial charge in [-0.1, -0.05) is 17.7 Å². The van der Waals surface area contributed by atoms with Gasteiger partial charge in [-0.2, -0.15) is 0 Å². The van der Waals surface area contributed by atoms with Crippen LogP contribution in [0.15, 0.2) is 47.6 Å². The van der Waals surface area contributed by atoms with Crippen LogP contribution in [0.1, 0.15) is 0 Å². The molecule has 2 aromatic rings. The molecule has 17 heavy (non-hydrogen) atoms. The molecule has 1 heterocycles. The van der Waals surface area contributed by atoms with E-state index in [0.717, 1.165) is 0 Å². The highest BCUT2D eigenvalue weighted by molar-refractivity contribution is 7.92. The summed E-state index contributed by atoms with van der Waals surface area (Å²) >= 11 is 5.73. The monoisotopic (exact) mass is 269 g/mol. The van der Waals surface area contributed by atoms with E-state index in [1.54, 1.807) is 18.2 Å². The van der Waals surface area contributed by atoms with E-state index in [4.69, 9.17) is 11.6 Å². The molecule has 0 radical (unpaired) electrons. The van der Waals surface area contributed by atoms with Crippen LogP contribution in [0.2, 0.25) is 5.02 Å². The molecule has 0 saturated carbocycles. The Bertz CT molecular complexity index is 616. The number of sulfonamides is 1. The van der Waals surface area contributed by atoms with Gasteiger partial charge in [0.1, 0.15) is 0 Å². The van der Waals surface area contributed by atoms with Gasteiger partial charge in [0.2, 0.25) is 5.95 Å². The molecule has 0 spiro atoms. The average Bonchev–Trinajstić information content (AvgIpc) is 2.30. The zero-order valence-electron chi connectivity index (χ0n) is 8.54. The Labute approximate surface area is 104 Å². The van der Waals surface area contributed by atoms with E-state index in [9.17, 15) is 8.42 Å². The van der Waals surface area contributed by atoms with Crippen molar-refractivity contribution in [3.63, 3.8) is 0 Å². The molecule has 0 unspecified atom stereocenters. The van der Waals surface area contributed by atoms with E-state index in [2.05, 4.69) is 14.7 Å². The first-order valence-electron chi connectivity index (χ1n) is 4.63. The second-order valence-electron chi connectivity index (χ2n) is 3.14. The second kappa shape index (κ2) is 4.68. The summed E-state index contributed by atoms with van der Waals surface area (Å²) in [7, 11) is -3.70. The molecule has 1 N–H and O–H groups in total. The van der Waals surface area contributed by atoms with Crippen molar-refractivity contribution in [1.82, 2.24) is 9.97 Å². The Morgan fingerprint density at radius 1 is 1.12 bits per heavy atom. The first-order valence-corrected chi connectivity index (χ1v) is 6.49. The van der Waals surface area contributed by atoms with Crippen LogP contribution in [0, 0.1) is 0 Å². The van der Waals surface area contributed by atoms with Gasteiger partial charge < -0.3 is 0 Å². The van der Waals surface area contributed by atoms with Gasteiger partial charge in [-0.3, -0.25) is 0 Å². The molecule has 0 fully saturated rings. The minimum atomic E-state index is -3.70. The van der Waals surface area contributed by atoms with Gasteiger partial charge in [0.15, 0.2) is 0 Å². The molecule has 2 rings (SSSR count). The predicted octanol–water partition coefficient (Wildman–Crippen LogP) is 1.93. The smallest absolute Gasteiger partial charge is 0.247 e. The molecule has 0 bridgehead atoms. The number of anilines is 1. The van der Waals surface area contributed by atoms with Crippen LogP contribution in [0.3, 0.4) is 0 Å². The molecule has 0 aliphatic rings. The summed E-state index contributed by atoms with van der Waals surface area (Å²) in [5.41, 5.74) is 0. The largest absolute Gasteiger partial charge is 0.264 e. The zero-order valence-corrected chi connectivity index (χ0v) is 10.1. The minimum Gasteiger partial charge on any atom is -0.247 e. The van der Waals surface area contributed by atoms with Crippen molar-refractivity contribution < 1.29 is 8.42 Å². The third-order valence-electron chi connectivity index (χ3n) is 1.90. The lowest BCUT2D eigenvalue weighted by atomic mass is 10.4. The molecule has 88 valence electrons. The first kappa shape index (κ1) is 11.8. The molecular formula is C10H8ClN3O2S. The molecule has 1 aromatic heterocycles. The maximum Gasteiger partial charge on any atom is 0.264 e. The highest BCUT2D eigenvalue weighted by Gasteiger charge is 2.15. The Kier molecular flexibility index (Phi) is 3.26. The first-order chi connectivity index (χ1) is 8.08. The number of benzene rings is 1. The summed E-state index contributed by atoms with van der Waals surface area (Å²) in [4.78, 5) is 7.62. The van der Waals surface area contributed by atoms with Crippen LogP contribution in [0.25, 0.3) is 0 Å². The number of nitrogens with one attached hydrogen (secondary N) is 1. The van der Waals surface area contributed by atoms with E-state index >= 15 is 0 Å². The molecule has 7 heteroatoms. The van der Waals surface area contributed by atoms with Gasteiger partial charge in [-0.15, -0.1) is 0 Å². The lowest BCUT2D eigenvalue weighted by Crippen LogP contribution is -2.14. The average molecular weight is 270 g/mol. The normalized spacial score (nSPS) is 11.1. The van der Waals surface area contributed by atoms with E-state index in [0.29, 0.717) is 5.02 Å². The van der Waals surface area contributed by atoms with Crippen molar-refractivity contribution in [2.24, 2.45) is 0 Å². The van der Waals surface area contributed by atoms with Gasteiger partial charge in [-0.25, -0.2) is 23.1 Å². The zero-order chi connectivity index (χ0) is 12.3. The molecule has 0 atom stereocenters. The highest BCUT2D eigenvalue weighted by Crippen LogP contribution is 2.17. The van der Waals surface area contributed by atoms with Crippen molar-refractivity contribution >= 4 is 27.6 Å². The molecule has 0 amide bonds. The summed E-state index contributed by atoms with van der Waals surface area (Å²) in [5.74, 6) is 0.0208. The lowest BCUT2D eigenvalue weighted by molar-refractivity contribution is 0.601. The van der Waals surface area contributed by atoms with E-state index in [-0.39, 0.29) is 10.8 Å². The minimum absolute atomic E-state index is 0.0208. The highest BCUT2D eigenvalue weighted by atomic mass is 35.5. The third kappa shape index (κ3) is 2.92. The number of nitrogens with zero attached hydrogens (tertiary/aromatic N) is 2. The van der Waals surface area contributed by atoms with Crippen LogP contribution in [0.4, 0.5) is 5.95 Å². The number of hydrogen-bond donors (Lipinski definition) is 1. The van der Waals surface area contributed by atoms with E-state index in [1.807, 2.05) is 0 Å². The Hall–Kier alpha value is -1.66. The SMILES string of the molecule is O=S(=O)(Nc1ncccn1)c1cccc(Cl)c1.